The Kier molecular flexibility index (Phi) is 4.25. The van der Waals surface area contributed by atoms with Crippen molar-refractivity contribution < 1.29 is 14.6 Å². The molecule has 1 aromatic carbocycles. The normalized spacial score (nSPS) is 23.4. The van der Waals surface area contributed by atoms with Gasteiger partial charge in [-0.25, -0.2) is 0 Å². The molecule has 1 heterocycles. The smallest absolute Gasteiger partial charge is 0.221 e. The summed E-state index contributed by atoms with van der Waals surface area (Å²) in [5.41, 5.74) is 0.892. The second-order valence-electron chi connectivity index (χ2n) is 6.38. The molecule has 1 aromatic rings. The monoisotopic (exact) mass is 292 g/mol. The number of anilines is 1. The molecule has 0 saturated heterocycles. The van der Waals surface area contributed by atoms with Crippen molar-refractivity contribution in [1.29, 1.82) is 0 Å². The number of ether oxygens (including phenoxy) is 1. The molecule has 0 aliphatic carbocycles. The SMILES string of the molecule is CC(=O)Nc1ccc2c(c1)C(NC(C)C)C(O)C(C)(C)O2. The van der Waals surface area contributed by atoms with Crippen LogP contribution in [0.4, 0.5) is 5.69 Å². The maximum absolute atomic E-state index is 11.2. The number of amides is 1. The van der Waals surface area contributed by atoms with Gasteiger partial charge < -0.3 is 20.5 Å². The maximum Gasteiger partial charge on any atom is 0.221 e. The highest BCUT2D eigenvalue weighted by atomic mass is 16.5. The average Bonchev–Trinajstić information content (AvgIpc) is 2.34. The molecule has 2 atom stereocenters. The lowest BCUT2D eigenvalue weighted by atomic mass is 9.86. The quantitative estimate of drug-likeness (QED) is 0.799. The highest BCUT2D eigenvalue weighted by molar-refractivity contribution is 5.88. The number of hydrogen-bond donors (Lipinski definition) is 3. The number of hydrogen-bond acceptors (Lipinski definition) is 4. The first-order chi connectivity index (χ1) is 9.70. The molecule has 0 radical (unpaired) electrons. The molecule has 0 fully saturated rings. The summed E-state index contributed by atoms with van der Waals surface area (Å²) < 4.78 is 5.90. The van der Waals surface area contributed by atoms with Crippen LogP contribution in [0, 0.1) is 0 Å². The van der Waals surface area contributed by atoms with Crippen LogP contribution < -0.4 is 15.4 Å². The van der Waals surface area contributed by atoms with E-state index in [1.807, 2.05) is 39.8 Å². The Morgan fingerprint density at radius 2 is 2.05 bits per heavy atom. The van der Waals surface area contributed by atoms with Crippen LogP contribution in [0.15, 0.2) is 18.2 Å². The van der Waals surface area contributed by atoms with Gasteiger partial charge in [0.25, 0.3) is 0 Å². The van der Waals surface area contributed by atoms with Gasteiger partial charge in [0.1, 0.15) is 17.5 Å². The van der Waals surface area contributed by atoms with Gasteiger partial charge in [-0.1, -0.05) is 13.8 Å². The lowest BCUT2D eigenvalue weighted by molar-refractivity contribution is -0.114. The molecule has 1 aliphatic rings. The van der Waals surface area contributed by atoms with Gasteiger partial charge in [-0.2, -0.15) is 0 Å². The molecule has 5 nitrogen and oxygen atoms in total. The minimum atomic E-state index is -0.681. The molecule has 116 valence electrons. The number of benzene rings is 1. The zero-order chi connectivity index (χ0) is 15.8. The van der Waals surface area contributed by atoms with Crippen molar-refractivity contribution in [3.05, 3.63) is 23.8 Å². The van der Waals surface area contributed by atoms with Gasteiger partial charge in [-0.3, -0.25) is 4.79 Å². The Hall–Kier alpha value is -1.59. The van der Waals surface area contributed by atoms with Crippen molar-refractivity contribution in [2.24, 2.45) is 0 Å². The molecule has 5 heteroatoms. The number of carbonyl (C=O) groups is 1. The molecule has 0 aromatic heterocycles. The number of nitrogens with one attached hydrogen (secondary N) is 2. The molecule has 1 amide bonds. The van der Waals surface area contributed by atoms with Gasteiger partial charge in [-0.05, 0) is 32.0 Å². The Bertz CT molecular complexity index is 540. The number of aliphatic hydroxyl groups excluding tert-OH is 1. The first-order valence-corrected chi connectivity index (χ1v) is 7.25. The van der Waals surface area contributed by atoms with Gasteiger partial charge in [0.05, 0.1) is 6.04 Å². The molecule has 3 N–H and O–H groups in total. The molecule has 0 spiro atoms. The third-order valence-corrected chi connectivity index (χ3v) is 3.58. The Balaban J connectivity index is 2.43. The van der Waals surface area contributed by atoms with E-state index in [1.165, 1.54) is 6.92 Å². The van der Waals surface area contributed by atoms with Crippen LogP contribution in [-0.4, -0.2) is 28.8 Å². The van der Waals surface area contributed by atoms with E-state index in [2.05, 4.69) is 10.6 Å². The van der Waals surface area contributed by atoms with E-state index in [0.717, 1.165) is 11.3 Å². The molecular weight excluding hydrogens is 268 g/mol. The van der Waals surface area contributed by atoms with Gasteiger partial charge in [-0.15, -0.1) is 0 Å². The summed E-state index contributed by atoms with van der Waals surface area (Å²) in [7, 11) is 0. The zero-order valence-electron chi connectivity index (χ0n) is 13.2. The van der Waals surface area contributed by atoms with Gasteiger partial charge >= 0.3 is 0 Å². The second kappa shape index (κ2) is 5.66. The van der Waals surface area contributed by atoms with Crippen LogP contribution in [0.25, 0.3) is 0 Å². The predicted octanol–water partition coefficient (Wildman–Crippen LogP) is 2.22. The van der Waals surface area contributed by atoms with E-state index in [0.29, 0.717) is 5.69 Å². The Morgan fingerprint density at radius 1 is 1.38 bits per heavy atom. The van der Waals surface area contributed by atoms with Gasteiger partial charge in [0.2, 0.25) is 5.91 Å². The summed E-state index contributed by atoms with van der Waals surface area (Å²) in [4.78, 5) is 11.2. The Labute approximate surface area is 125 Å². The molecule has 2 rings (SSSR count). The minimum Gasteiger partial charge on any atom is -0.485 e. The molecule has 0 bridgehead atoms. The van der Waals surface area contributed by atoms with Crippen molar-refractivity contribution in [2.75, 3.05) is 5.32 Å². The third-order valence-electron chi connectivity index (χ3n) is 3.58. The van der Waals surface area contributed by atoms with Crippen LogP contribution >= 0.6 is 0 Å². The summed E-state index contributed by atoms with van der Waals surface area (Å²) in [6, 6.07) is 5.48. The van der Waals surface area contributed by atoms with Crippen LogP contribution in [0.3, 0.4) is 0 Å². The lowest BCUT2D eigenvalue weighted by Crippen LogP contribution is -2.53. The van der Waals surface area contributed by atoms with E-state index >= 15 is 0 Å². The van der Waals surface area contributed by atoms with E-state index in [-0.39, 0.29) is 18.0 Å². The second-order valence-corrected chi connectivity index (χ2v) is 6.38. The molecule has 21 heavy (non-hydrogen) atoms. The highest BCUT2D eigenvalue weighted by Gasteiger charge is 2.43. The third kappa shape index (κ3) is 3.36. The van der Waals surface area contributed by atoms with E-state index in [1.54, 1.807) is 6.07 Å². The lowest BCUT2D eigenvalue weighted by Gasteiger charge is -2.43. The fourth-order valence-electron chi connectivity index (χ4n) is 2.62. The fraction of sp³-hybridized carbons (Fsp3) is 0.562. The maximum atomic E-state index is 11.2. The summed E-state index contributed by atoms with van der Waals surface area (Å²) in [5.74, 6) is 0.610. The summed E-state index contributed by atoms with van der Waals surface area (Å²) in [6.07, 6.45) is -0.681. The van der Waals surface area contributed by atoms with Crippen molar-refractivity contribution >= 4 is 11.6 Å². The van der Waals surface area contributed by atoms with Crippen molar-refractivity contribution in [3.8, 4) is 5.75 Å². The number of fused-ring (bicyclic) bond motifs is 1. The molecular formula is C16H24N2O3. The van der Waals surface area contributed by atoms with E-state index < -0.39 is 11.7 Å². The van der Waals surface area contributed by atoms with Crippen molar-refractivity contribution in [2.45, 2.75) is 58.4 Å². The zero-order valence-corrected chi connectivity index (χ0v) is 13.2. The largest absolute Gasteiger partial charge is 0.485 e. The number of rotatable bonds is 3. The number of aliphatic hydroxyl groups is 1. The van der Waals surface area contributed by atoms with Crippen LogP contribution in [-0.2, 0) is 4.79 Å². The highest BCUT2D eigenvalue weighted by Crippen LogP contribution is 2.41. The molecule has 2 unspecified atom stereocenters. The molecule has 1 aliphatic heterocycles. The van der Waals surface area contributed by atoms with Gasteiger partial charge in [0, 0.05) is 24.2 Å². The van der Waals surface area contributed by atoms with Crippen LogP contribution in [0.5, 0.6) is 5.75 Å². The first-order valence-electron chi connectivity index (χ1n) is 7.25. The van der Waals surface area contributed by atoms with E-state index in [4.69, 9.17) is 4.74 Å². The first kappa shape index (κ1) is 15.8. The fourth-order valence-corrected chi connectivity index (χ4v) is 2.62. The predicted molar refractivity (Wildman–Crippen MR) is 82.5 cm³/mol. The minimum absolute atomic E-state index is 0.124. The van der Waals surface area contributed by atoms with Crippen molar-refractivity contribution in [1.82, 2.24) is 5.32 Å². The van der Waals surface area contributed by atoms with Gasteiger partial charge in [0.15, 0.2) is 0 Å². The van der Waals surface area contributed by atoms with E-state index in [9.17, 15) is 9.90 Å². The van der Waals surface area contributed by atoms with Crippen LogP contribution in [0.1, 0.15) is 46.2 Å². The topological polar surface area (TPSA) is 70.6 Å². The van der Waals surface area contributed by atoms with Crippen LogP contribution in [0.2, 0.25) is 0 Å². The van der Waals surface area contributed by atoms with Crippen molar-refractivity contribution in [3.63, 3.8) is 0 Å². The average molecular weight is 292 g/mol. The summed E-state index contributed by atoms with van der Waals surface area (Å²) in [6.45, 7) is 9.28. The summed E-state index contributed by atoms with van der Waals surface area (Å²) in [5, 5.41) is 16.7. The Morgan fingerprint density at radius 3 is 2.62 bits per heavy atom. The molecule has 0 saturated carbocycles. The number of carbonyl (C=O) groups excluding carboxylic acids is 1. The standard InChI is InChI=1S/C16H24N2O3/c1-9(2)17-14-12-8-11(18-10(3)19)6-7-13(12)21-16(4,5)15(14)20/h6-9,14-15,17,20H,1-5H3,(H,18,19). The summed E-state index contributed by atoms with van der Waals surface area (Å²) >= 11 is 0.